The van der Waals surface area contributed by atoms with E-state index in [1.54, 1.807) is 0 Å². The average Bonchev–Trinajstić information content (AvgIpc) is 3.07. The maximum absolute atomic E-state index is 12.6. The second kappa shape index (κ2) is 4.91. The van der Waals surface area contributed by atoms with Gasteiger partial charge in [0, 0.05) is 18.7 Å². The molecule has 0 spiro atoms. The summed E-state index contributed by atoms with van der Waals surface area (Å²) in [5.41, 5.74) is 0. The van der Waals surface area contributed by atoms with E-state index >= 15 is 0 Å². The van der Waals surface area contributed by atoms with Gasteiger partial charge in [0.05, 0.1) is 0 Å². The topological polar surface area (TPSA) is 29.0 Å². The minimum absolute atomic E-state index is 0.172. The lowest BCUT2D eigenvalue weighted by Crippen LogP contribution is -2.28. The molecule has 1 aromatic heterocycles. The molecule has 1 saturated carbocycles. The Kier molecular flexibility index (Phi) is 3.66. The molecule has 1 aliphatic rings. The van der Waals surface area contributed by atoms with Crippen molar-refractivity contribution in [3.63, 3.8) is 0 Å². The van der Waals surface area contributed by atoms with Crippen molar-refractivity contribution < 1.29 is 13.2 Å². The van der Waals surface area contributed by atoms with Crippen LogP contribution in [0.4, 0.5) is 19.0 Å². The molecule has 1 aromatic rings. The molecule has 0 N–H and O–H groups in total. The summed E-state index contributed by atoms with van der Waals surface area (Å²) in [6, 6.07) is 1.68. The fourth-order valence-corrected chi connectivity index (χ4v) is 1.97. The molecule has 0 saturated heterocycles. The van der Waals surface area contributed by atoms with E-state index in [2.05, 4.69) is 9.97 Å². The van der Waals surface area contributed by atoms with Gasteiger partial charge in [0.25, 0.3) is 0 Å². The van der Waals surface area contributed by atoms with Crippen LogP contribution in [0.3, 0.4) is 0 Å². The van der Waals surface area contributed by atoms with E-state index < -0.39 is 12.0 Å². The quantitative estimate of drug-likeness (QED) is 0.790. The number of nitrogens with zero attached hydrogens (tertiary/aromatic N) is 3. The molecule has 0 bridgehead atoms. The molecular formula is C11H13ClF3N3. The van der Waals surface area contributed by atoms with Crippen LogP contribution in [0, 0.1) is 0 Å². The fraction of sp³-hybridized carbons (Fsp3) is 0.636. The number of hydrogen-bond donors (Lipinski definition) is 0. The fourth-order valence-electron chi connectivity index (χ4n) is 1.79. The molecule has 3 nitrogen and oxygen atoms in total. The lowest BCUT2D eigenvalue weighted by Gasteiger charge is -2.23. The summed E-state index contributed by atoms with van der Waals surface area (Å²) >= 11 is 5.65. The van der Waals surface area contributed by atoms with Crippen LogP contribution in [0.25, 0.3) is 0 Å². The summed E-state index contributed by atoms with van der Waals surface area (Å²) in [6.45, 7) is 2.65. The number of hydrogen-bond acceptors (Lipinski definition) is 3. The zero-order chi connectivity index (χ0) is 13.3. The SMILES string of the molecule is CCCN(c1cc(Cl)nc(C(F)(F)F)n1)C1CC1. The highest BCUT2D eigenvalue weighted by Crippen LogP contribution is 2.34. The Morgan fingerprint density at radius 3 is 2.56 bits per heavy atom. The maximum atomic E-state index is 12.6. The molecule has 0 radical (unpaired) electrons. The van der Waals surface area contributed by atoms with Crippen LogP contribution in [0.1, 0.15) is 32.0 Å². The zero-order valence-corrected chi connectivity index (χ0v) is 10.6. The highest BCUT2D eigenvalue weighted by Gasteiger charge is 2.37. The van der Waals surface area contributed by atoms with Crippen molar-refractivity contribution >= 4 is 17.4 Å². The molecular weight excluding hydrogens is 267 g/mol. The van der Waals surface area contributed by atoms with E-state index in [-0.39, 0.29) is 17.0 Å². The number of anilines is 1. The Balaban J connectivity index is 2.34. The molecule has 18 heavy (non-hydrogen) atoms. The Morgan fingerprint density at radius 2 is 2.06 bits per heavy atom. The van der Waals surface area contributed by atoms with Crippen LogP contribution in [0.15, 0.2) is 6.07 Å². The van der Waals surface area contributed by atoms with Gasteiger partial charge in [-0.3, -0.25) is 0 Å². The van der Waals surface area contributed by atoms with Crippen LogP contribution >= 0.6 is 11.6 Å². The van der Waals surface area contributed by atoms with E-state index in [0.717, 1.165) is 19.3 Å². The first-order valence-corrected chi connectivity index (χ1v) is 6.18. The molecule has 1 heterocycles. The molecule has 100 valence electrons. The standard InChI is InChI=1S/C11H13ClF3N3/c1-2-5-18(7-3-4-7)9-6-8(12)16-10(17-9)11(13,14)15/h6-7H,2-5H2,1H3. The van der Waals surface area contributed by atoms with Crippen LogP contribution in [0.5, 0.6) is 0 Å². The monoisotopic (exact) mass is 279 g/mol. The minimum atomic E-state index is -4.57. The number of aromatic nitrogens is 2. The van der Waals surface area contributed by atoms with Crippen molar-refractivity contribution in [3.05, 3.63) is 17.0 Å². The van der Waals surface area contributed by atoms with Gasteiger partial charge in [-0.1, -0.05) is 18.5 Å². The molecule has 2 rings (SSSR count). The number of halogens is 4. The largest absolute Gasteiger partial charge is 0.451 e. The molecule has 1 fully saturated rings. The van der Waals surface area contributed by atoms with E-state index in [1.165, 1.54) is 6.07 Å². The summed E-state index contributed by atoms with van der Waals surface area (Å²) in [4.78, 5) is 8.70. The van der Waals surface area contributed by atoms with E-state index in [4.69, 9.17) is 11.6 Å². The lowest BCUT2D eigenvalue weighted by molar-refractivity contribution is -0.144. The van der Waals surface area contributed by atoms with Gasteiger partial charge in [-0.05, 0) is 19.3 Å². The second-order valence-corrected chi connectivity index (χ2v) is 4.68. The number of rotatable bonds is 4. The summed E-state index contributed by atoms with van der Waals surface area (Å²) in [7, 11) is 0. The average molecular weight is 280 g/mol. The Morgan fingerprint density at radius 1 is 1.39 bits per heavy atom. The second-order valence-electron chi connectivity index (χ2n) is 4.29. The van der Waals surface area contributed by atoms with Gasteiger partial charge in [-0.15, -0.1) is 0 Å². The van der Waals surface area contributed by atoms with Crippen LogP contribution in [0.2, 0.25) is 5.15 Å². The van der Waals surface area contributed by atoms with Gasteiger partial charge in [0.1, 0.15) is 11.0 Å². The van der Waals surface area contributed by atoms with Crippen molar-refractivity contribution in [2.75, 3.05) is 11.4 Å². The van der Waals surface area contributed by atoms with Gasteiger partial charge in [-0.25, -0.2) is 9.97 Å². The summed E-state index contributed by atoms with van der Waals surface area (Å²) in [6.07, 6.45) is -1.74. The Bertz CT molecular complexity index is 432. The molecule has 0 unspecified atom stereocenters. The molecule has 7 heteroatoms. The first-order chi connectivity index (χ1) is 8.41. The Hall–Kier alpha value is -1.04. The summed E-state index contributed by atoms with van der Waals surface area (Å²) in [5, 5.41) is -0.172. The van der Waals surface area contributed by atoms with Gasteiger partial charge in [0.15, 0.2) is 0 Å². The highest BCUT2D eigenvalue weighted by atomic mass is 35.5. The van der Waals surface area contributed by atoms with Gasteiger partial charge < -0.3 is 4.90 Å². The summed E-state index contributed by atoms with van der Waals surface area (Å²) in [5.74, 6) is -0.904. The van der Waals surface area contributed by atoms with Crippen LogP contribution in [-0.2, 0) is 6.18 Å². The van der Waals surface area contributed by atoms with Gasteiger partial charge in [0.2, 0.25) is 5.82 Å². The van der Waals surface area contributed by atoms with Crippen molar-refractivity contribution in [2.24, 2.45) is 0 Å². The molecule has 1 aliphatic carbocycles. The molecule has 0 amide bonds. The maximum Gasteiger partial charge on any atom is 0.451 e. The van der Waals surface area contributed by atoms with Crippen molar-refractivity contribution in [2.45, 2.75) is 38.4 Å². The van der Waals surface area contributed by atoms with Crippen molar-refractivity contribution in [1.29, 1.82) is 0 Å². The van der Waals surface area contributed by atoms with Gasteiger partial charge in [-0.2, -0.15) is 13.2 Å². The third-order valence-corrected chi connectivity index (χ3v) is 2.87. The normalized spacial score (nSPS) is 15.8. The highest BCUT2D eigenvalue weighted by molar-refractivity contribution is 6.29. The molecule has 0 atom stereocenters. The summed E-state index contributed by atoms with van der Waals surface area (Å²) < 4.78 is 37.8. The van der Waals surface area contributed by atoms with Crippen LogP contribution in [-0.4, -0.2) is 22.6 Å². The predicted octanol–water partition coefficient (Wildman–Crippen LogP) is 3.53. The lowest BCUT2D eigenvalue weighted by atomic mass is 10.3. The first kappa shape index (κ1) is 13.4. The molecule has 0 aromatic carbocycles. The number of alkyl halides is 3. The molecule has 0 aliphatic heterocycles. The van der Waals surface area contributed by atoms with Crippen LogP contribution < -0.4 is 4.90 Å². The van der Waals surface area contributed by atoms with Crippen molar-refractivity contribution in [1.82, 2.24) is 9.97 Å². The minimum Gasteiger partial charge on any atom is -0.353 e. The van der Waals surface area contributed by atoms with Gasteiger partial charge >= 0.3 is 6.18 Å². The first-order valence-electron chi connectivity index (χ1n) is 5.80. The Labute approximate surface area is 108 Å². The van der Waals surface area contributed by atoms with E-state index in [1.807, 2.05) is 11.8 Å². The smallest absolute Gasteiger partial charge is 0.353 e. The third-order valence-electron chi connectivity index (χ3n) is 2.68. The van der Waals surface area contributed by atoms with Crippen molar-refractivity contribution in [3.8, 4) is 0 Å². The predicted molar refractivity (Wildman–Crippen MR) is 62.7 cm³/mol. The van der Waals surface area contributed by atoms with E-state index in [9.17, 15) is 13.2 Å². The third kappa shape index (κ3) is 3.04. The van der Waals surface area contributed by atoms with E-state index in [0.29, 0.717) is 6.54 Å². The zero-order valence-electron chi connectivity index (χ0n) is 9.84.